The van der Waals surface area contributed by atoms with Gasteiger partial charge in [0.05, 0.1) is 0 Å². The summed E-state index contributed by atoms with van der Waals surface area (Å²) in [4.78, 5) is 20.0. The predicted molar refractivity (Wildman–Crippen MR) is 75.0 cm³/mol. The summed E-state index contributed by atoms with van der Waals surface area (Å²) in [5.74, 6) is 0.0688. The highest BCUT2D eigenvalue weighted by molar-refractivity contribution is 8.00. The van der Waals surface area contributed by atoms with Gasteiger partial charge in [0.2, 0.25) is 11.1 Å². The third-order valence-electron chi connectivity index (χ3n) is 2.68. The second-order valence-electron chi connectivity index (χ2n) is 4.07. The third kappa shape index (κ3) is 2.48. The Morgan fingerprint density at radius 3 is 2.75 bits per heavy atom. The quantitative estimate of drug-likeness (QED) is 0.733. The van der Waals surface area contributed by atoms with Crippen molar-refractivity contribution in [1.29, 1.82) is 0 Å². The van der Waals surface area contributed by atoms with Crippen molar-refractivity contribution in [3.63, 3.8) is 0 Å². The van der Waals surface area contributed by atoms with Gasteiger partial charge in [-0.3, -0.25) is 4.79 Å². The molecule has 6 nitrogen and oxygen atoms in total. The van der Waals surface area contributed by atoms with Gasteiger partial charge in [0.25, 0.3) is 5.78 Å². The first-order valence-electron chi connectivity index (χ1n) is 5.92. The van der Waals surface area contributed by atoms with Crippen molar-refractivity contribution in [3.05, 3.63) is 54.4 Å². The summed E-state index contributed by atoms with van der Waals surface area (Å²) in [5.41, 5.74) is 6.30. The lowest BCUT2D eigenvalue weighted by Gasteiger charge is -2.10. The van der Waals surface area contributed by atoms with Crippen LogP contribution in [0.2, 0.25) is 0 Å². The van der Waals surface area contributed by atoms with Crippen molar-refractivity contribution in [2.45, 2.75) is 10.4 Å². The summed E-state index contributed by atoms with van der Waals surface area (Å²) >= 11 is 1.22. The van der Waals surface area contributed by atoms with E-state index in [9.17, 15) is 4.79 Å². The lowest BCUT2D eigenvalue weighted by molar-refractivity contribution is -0.117. The molecule has 3 aromatic rings. The van der Waals surface area contributed by atoms with Crippen LogP contribution in [0.15, 0.2) is 53.9 Å². The number of rotatable bonds is 4. The molecule has 20 heavy (non-hydrogen) atoms. The molecule has 1 aromatic carbocycles. The molecule has 2 N–H and O–H groups in total. The zero-order valence-corrected chi connectivity index (χ0v) is 11.2. The van der Waals surface area contributed by atoms with Crippen LogP contribution in [0.5, 0.6) is 0 Å². The van der Waals surface area contributed by atoms with E-state index < -0.39 is 11.2 Å². The van der Waals surface area contributed by atoms with E-state index in [1.54, 1.807) is 23.0 Å². The second kappa shape index (κ2) is 5.30. The number of aromatic nitrogens is 4. The number of thioether (sulfide) groups is 1. The number of benzene rings is 1. The van der Waals surface area contributed by atoms with Crippen LogP contribution in [-0.2, 0) is 4.79 Å². The summed E-state index contributed by atoms with van der Waals surface area (Å²) in [5, 5.41) is 4.21. The normalized spacial score (nSPS) is 12.4. The topological polar surface area (TPSA) is 86.2 Å². The lowest BCUT2D eigenvalue weighted by Crippen LogP contribution is -2.19. The first-order valence-corrected chi connectivity index (χ1v) is 6.80. The fraction of sp³-hybridized carbons (Fsp3) is 0.0769. The number of fused-ring (bicyclic) bond motifs is 1. The molecule has 0 saturated carbocycles. The zero-order valence-electron chi connectivity index (χ0n) is 10.4. The molecular weight excluding hydrogens is 274 g/mol. The Balaban J connectivity index is 1.92. The maximum Gasteiger partial charge on any atom is 0.253 e. The molecular formula is C13H11N5OS. The van der Waals surface area contributed by atoms with E-state index in [4.69, 9.17) is 5.73 Å². The highest BCUT2D eigenvalue weighted by Gasteiger charge is 2.21. The Bertz CT molecular complexity index is 710. The van der Waals surface area contributed by atoms with Crippen LogP contribution >= 0.6 is 11.8 Å². The van der Waals surface area contributed by atoms with Crippen LogP contribution in [-0.4, -0.2) is 25.5 Å². The largest absolute Gasteiger partial charge is 0.368 e. The molecule has 0 aliphatic rings. The highest BCUT2D eigenvalue weighted by atomic mass is 32.2. The molecule has 1 unspecified atom stereocenters. The summed E-state index contributed by atoms with van der Waals surface area (Å²) in [6, 6.07) is 11.1. The zero-order chi connectivity index (χ0) is 13.9. The van der Waals surface area contributed by atoms with Gasteiger partial charge in [-0.05, 0) is 11.6 Å². The van der Waals surface area contributed by atoms with Gasteiger partial charge < -0.3 is 5.73 Å². The number of amides is 1. The van der Waals surface area contributed by atoms with Crippen molar-refractivity contribution in [1.82, 2.24) is 19.6 Å². The fourth-order valence-corrected chi connectivity index (χ4v) is 2.68. The van der Waals surface area contributed by atoms with Crippen molar-refractivity contribution < 1.29 is 4.79 Å². The van der Waals surface area contributed by atoms with Crippen LogP contribution in [0.4, 0.5) is 0 Å². The van der Waals surface area contributed by atoms with Gasteiger partial charge in [-0.2, -0.15) is 4.98 Å². The Kier molecular flexibility index (Phi) is 3.34. The Morgan fingerprint density at radius 2 is 2.05 bits per heavy atom. The number of primary amides is 1. The van der Waals surface area contributed by atoms with Crippen LogP contribution in [0.25, 0.3) is 5.78 Å². The Morgan fingerprint density at radius 1 is 1.25 bits per heavy atom. The Hall–Kier alpha value is -2.41. The number of nitrogens with zero attached hydrogens (tertiary/aromatic N) is 4. The molecule has 1 amide bonds. The molecule has 3 rings (SSSR count). The van der Waals surface area contributed by atoms with Gasteiger partial charge in [-0.25, -0.2) is 9.50 Å². The first kappa shape index (κ1) is 12.6. The molecule has 100 valence electrons. The number of nitrogens with two attached hydrogens (primary N) is 1. The average molecular weight is 285 g/mol. The molecule has 0 radical (unpaired) electrons. The van der Waals surface area contributed by atoms with Gasteiger partial charge in [0.15, 0.2) is 0 Å². The maximum atomic E-state index is 11.6. The minimum absolute atomic E-state index is 0.423. The van der Waals surface area contributed by atoms with Crippen molar-refractivity contribution >= 4 is 23.4 Å². The van der Waals surface area contributed by atoms with Gasteiger partial charge >= 0.3 is 0 Å². The smallest absolute Gasteiger partial charge is 0.253 e. The molecule has 2 aromatic heterocycles. The second-order valence-corrected chi connectivity index (χ2v) is 5.14. The first-order chi connectivity index (χ1) is 9.74. The standard InChI is InChI=1S/C13H11N5OS/c14-11(19)10(9-5-2-1-3-6-9)20-13-16-12-15-7-4-8-18(12)17-13/h1-8,10H,(H2,14,19). The minimum Gasteiger partial charge on any atom is -0.368 e. The average Bonchev–Trinajstić information content (AvgIpc) is 2.88. The molecule has 0 fully saturated rings. The van der Waals surface area contributed by atoms with Crippen molar-refractivity contribution in [2.24, 2.45) is 5.73 Å². The molecule has 7 heteroatoms. The van der Waals surface area contributed by atoms with Crippen molar-refractivity contribution in [2.75, 3.05) is 0 Å². The molecule has 0 aliphatic heterocycles. The fourth-order valence-electron chi connectivity index (χ4n) is 1.79. The number of carbonyl (C=O) groups excluding carboxylic acids is 1. The molecule has 0 spiro atoms. The van der Waals surface area contributed by atoms with Crippen LogP contribution < -0.4 is 5.73 Å². The minimum atomic E-state index is -0.520. The van der Waals surface area contributed by atoms with E-state index in [-0.39, 0.29) is 0 Å². The van der Waals surface area contributed by atoms with E-state index in [2.05, 4.69) is 15.1 Å². The predicted octanol–water partition coefficient (Wildman–Crippen LogP) is 1.44. The highest BCUT2D eigenvalue weighted by Crippen LogP contribution is 2.32. The molecule has 0 saturated heterocycles. The van der Waals surface area contributed by atoms with Gasteiger partial charge in [0, 0.05) is 12.4 Å². The Labute approximate surface area is 119 Å². The maximum absolute atomic E-state index is 11.6. The van der Waals surface area contributed by atoms with E-state index in [1.165, 1.54) is 11.8 Å². The van der Waals surface area contributed by atoms with Gasteiger partial charge in [0.1, 0.15) is 5.25 Å². The van der Waals surface area contributed by atoms with Crippen LogP contribution in [0, 0.1) is 0 Å². The summed E-state index contributed by atoms with van der Waals surface area (Å²) in [6.07, 6.45) is 3.39. The van der Waals surface area contributed by atoms with Gasteiger partial charge in [-0.15, -0.1) is 5.10 Å². The molecule has 2 heterocycles. The molecule has 0 aliphatic carbocycles. The summed E-state index contributed by atoms with van der Waals surface area (Å²) in [7, 11) is 0. The van der Waals surface area contributed by atoms with E-state index in [0.29, 0.717) is 10.9 Å². The summed E-state index contributed by atoms with van der Waals surface area (Å²) in [6.45, 7) is 0. The van der Waals surface area contributed by atoms with Crippen LogP contribution in [0.3, 0.4) is 0 Å². The van der Waals surface area contributed by atoms with Crippen LogP contribution in [0.1, 0.15) is 10.8 Å². The molecule has 0 bridgehead atoms. The number of hydrogen-bond acceptors (Lipinski definition) is 5. The number of hydrogen-bond donors (Lipinski definition) is 1. The lowest BCUT2D eigenvalue weighted by atomic mass is 10.1. The third-order valence-corrected chi connectivity index (χ3v) is 3.81. The van der Waals surface area contributed by atoms with E-state index in [1.807, 2.05) is 30.3 Å². The molecule has 1 atom stereocenters. The van der Waals surface area contributed by atoms with E-state index in [0.717, 1.165) is 5.56 Å². The van der Waals surface area contributed by atoms with Crippen molar-refractivity contribution in [3.8, 4) is 0 Å². The monoisotopic (exact) mass is 285 g/mol. The van der Waals surface area contributed by atoms with Gasteiger partial charge in [-0.1, -0.05) is 42.1 Å². The SMILES string of the molecule is NC(=O)C(Sc1nc2ncccn2n1)c1ccccc1. The van der Waals surface area contributed by atoms with E-state index >= 15 is 0 Å². The summed E-state index contributed by atoms with van der Waals surface area (Å²) < 4.78 is 1.56. The number of carbonyl (C=O) groups is 1.